The summed E-state index contributed by atoms with van der Waals surface area (Å²) in [5, 5.41) is 0. The number of para-hydroxylation sites is 2. The van der Waals surface area contributed by atoms with E-state index >= 15 is 0 Å². The molecular weight excluding hydrogens is 206 g/mol. The standard InChI is InChI=1S/C16H15N/c1-17-15-8-4-2-6-11(15)13-10-14(13)12-7-3-5-9-16(12)17/h2-9,13-14H,10H2,1H3/t13-,14?/m1/s1. The lowest BCUT2D eigenvalue weighted by atomic mass is 10.0. The lowest BCUT2D eigenvalue weighted by molar-refractivity contribution is 1.05. The lowest BCUT2D eigenvalue weighted by Crippen LogP contribution is -2.11. The molecule has 2 atom stereocenters. The van der Waals surface area contributed by atoms with Gasteiger partial charge in [-0.1, -0.05) is 36.4 Å². The fourth-order valence-electron chi connectivity index (χ4n) is 3.23. The monoisotopic (exact) mass is 221 g/mol. The van der Waals surface area contributed by atoms with Crippen LogP contribution in [0.4, 0.5) is 11.4 Å². The fraction of sp³-hybridized carbons (Fsp3) is 0.250. The Balaban J connectivity index is 1.99. The molecule has 0 saturated heterocycles. The highest BCUT2D eigenvalue weighted by Gasteiger charge is 2.44. The van der Waals surface area contributed by atoms with Crippen LogP contribution in [0.3, 0.4) is 0 Å². The van der Waals surface area contributed by atoms with Crippen molar-refractivity contribution < 1.29 is 0 Å². The second-order valence-corrected chi connectivity index (χ2v) is 5.13. The van der Waals surface area contributed by atoms with Crippen LogP contribution in [0.25, 0.3) is 0 Å². The van der Waals surface area contributed by atoms with E-state index in [1.54, 1.807) is 0 Å². The van der Waals surface area contributed by atoms with Gasteiger partial charge in [0.25, 0.3) is 0 Å². The summed E-state index contributed by atoms with van der Waals surface area (Å²) in [4.78, 5) is 2.34. The van der Waals surface area contributed by atoms with Crippen LogP contribution in [-0.2, 0) is 0 Å². The normalized spacial score (nSPS) is 24.4. The van der Waals surface area contributed by atoms with E-state index in [2.05, 4.69) is 60.5 Å². The third-order valence-electron chi connectivity index (χ3n) is 4.19. The van der Waals surface area contributed by atoms with Crippen LogP contribution >= 0.6 is 0 Å². The maximum atomic E-state index is 2.34. The average molecular weight is 221 g/mol. The summed E-state index contributed by atoms with van der Waals surface area (Å²) in [7, 11) is 2.18. The summed E-state index contributed by atoms with van der Waals surface area (Å²) >= 11 is 0. The first kappa shape index (κ1) is 9.29. The molecule has 0 spiro atoms. The number of nitrogens with zero attached hydrogens (tertiary/aromatic N) is 1. The maximum Gasteiger partial charge on any atom is 0.0443 e. The molecule has 0 bridgehead atoms. The van der Waals surface area contributed by atoms with Crippen molar-refractivity contribution in [1.29, 1.82) is 0 Å². The molecule has 4 rings (SSSR count). The van der Waals surface area contributed by atoms with Gasteiger partial charge in [0.2, 0.25) is 0 Å². The average Bonchev–Trinajstić information content (AvgIpc) is 3.18. The zero-order valence-electron chi connectivity index (χ0n) is 9.93. The molecule has 1 heteroatoms. The molecule has 84 valence electrons. The van der Waals surface area contributed by atoms with Crippen LogP contribution in [0.2, 0.25) is 0 Å². The van der Waals surface area contributed by atoms with Crippen LogP contribution in [0.15, 0.2) is 48.5 Å². The Morgan fingerprint density at radius 3 is 1.82 bits per heavy atom. The topological polar surface area (TPSA) is 3.24 Å². The second kappa shape index (κ2) is 3.13. The molecule has 0 radical (unpaired) electrons. The number of hydrogen-bond acceptors (Lipinski definition) is 1. The van der Waals surface area contributed by atoms with Crippen molar-refractivity contribution in [2.45, 2.75) is 18.3 Å². The molecule has 1 unspecified atom stereocenters. The Kier molecular flexibility index (Phi) is 1.71. The minimum Gasteiger partial charge on any atom is -0.344 e. The number of fused-ring (bicyclic) bond motifs is 5. The predicted octanol–water partition coefficient (Wildman–Crippen LogP) is 4.04. The molecule has 2 aliphatic rings. The van der Waals surface area contributed by atoms with Crippen LogP contribution in [0.5, 0.6) is 0 Å². The van der Waals surface area contributed by atoms with E-state index in [1.165, 1.54) is 28.9 Å². The van der Waals surface area contributed by atoms with Crippen molar-refractivity contribution in [2.24, 2.45) is 0 Å². The number of anilines is 2. The molecule has 2 aromatic carbocycles. The Labute approximate surface area is 102 Å². The predicted molar refractivity (Wildman–Crippen MR) is 71.0 cm³/mol. The number of rotatable bonds is 0. The SMILES string of the molecule is CN1c2ccccc2C2C[C@@H]2c2ccccc21. The quantitative estimate of drug-likeness (QED) is 0.649. The van der Waals surface area contributed by atoms with E-state index in [9.17, 15) is 0 Å². The molecule has 1 nitrogen and oxygen atoms in total. The molecular formula is C16H15N. The van der Waals surface area contributed by atoms with Gasteiger partial charge in [-0.15, -0.1) is 0 Å². The van der Waals surface area contributed by atoms with Gasteiger partial charge in [-0.25, -0.2) is 0 Å². The minimum atomic E-state index is 0.747. The van der Waals surface area contributed by atoms with Crippen molar-refractivity contribution in [1.82, 2.24) is 0 Å². The summed E-state index contributed by atoms with van der Waals surface area (Å²) in [6, 6.07) is 17.7. The van der Waals surface area contributed by atoms with Crippen molar-refractivity contribution in [3.63, 3.8) is 0 Å². The van der Waals surface area contributed by atoms with E-state index in [1.807, 2.05) is 0 Å². The molecule has 2 aromatic rings. The van der Waals surface area contributed by atoms with Crippen molar-refractivity contribution >= 4 is 11.4 Å². The summed E-state index contributed by atoms with van der Waals surface area (Å²) in [6.07, 6.45) is 1.32. The third kappa shape index (κ3) is 1.20. The molecule has 1 fully saturated rings. The van der Waals surface area contributed by atoms with Gasteiger partial charge >= 0.3 is 0 Å². The molecule has 17 heavy (non-hydrogen) atoms. The third-order valence-corrected chi connectivity index (χ3v) is 4.19. The molecule has 0 amide bonds. The number of benzene rings is 2. The van der Waals surface area contributed by atoms with Crippen molar-refractivity contribution in [3.05, 3.63) is 59.7 Å². The minimum absolute atomic E-state index is 0.747. The fourth-order valence-corrected chi connectivity index (χ4v) is 3.23. The molecule has 1 heterocycles. The molecule has 1 aliphatic carbocycles. The Bertz CT molecular complexity index is 536. The van der Waals surface area contributed by atoms with Crippen LogP contribution in [-0.4, -0.2) is 7.05 Å². The highest BCUT2D eigenvalue weighted by molar-refractivity contribution is 5.74. The van der Waals surface area contributed by atoms with Gasteiger partial charge in [0.05, 0.1) is 0 Å². The largest absolute Gasteiger partial charge is 0.344 e. The Hall–Kier alpha value is -1.76. The molecule has 1 aliphatic heterocycles. The first-order chi connectivity index (χ1) is 8.36. The summed E-state index contributed by atoms with van der Waals surface area (Å²) < 4.78 is 0. The highest BCUT2D eigenvalue weighted by Crippen LogP contribution is 2.61. The second-order valence-electron chi connectivity index (χ2n) is 5.13. The van der Waals surface area contributed by atoms with Gasteiger partial charge in [-0.3, -0.25) is 0 Å². The van der Waals surface area contributed by atoms with E-state index in [0.29, 0.717) is 0 Å². The smallest absolute Gasteiger partial charge is 0.0443 e. The van der Waals surface area contributed by atoms with Crippen LogP contribution in [0.1, 0.15) is 29.4 Å². The highest BCUT2D eigenvalue weighted by atomic mass is 15.1. The van der Waals surface area contributed by atoms with Crippen molar-refractivity contribution in [2.75, 3.05) is 11.9 Å². The molecule has 0 aromatic heterocycles. The van der Waals surface area contributed by atoms with Gasteiger partial charge in [0.15, 0.2) is 0 Å². The van der Waals surface area contributed by atoms with Gasteiger partial charge < -0.3 is 4.90 Å². The van der Waals surface area contributed by atoms with Gasteiger partial charge in [0, 0.05) is 18.4 Å². The van der Waals surface area contributed by atoms with Crippen molar-refractivity contribution in [3.8, 4) is 0 Å². The van der Waals surface area contributed by atoms with Gasteiger partial charge in [0.1, 0.15) is 0 Å². The van der Waals surface area contributed by atoms with E-state index in [4.69, 9.17) is 0 Å². The van der Waals surface area contributed by atoms with E-state index in [-0.39, 0.29) is 0 Å². The van der Waals surface area contributed by atoms with Gasteiger partial charge in [-0.2, -0.15) is 0 Å². The summed E-state index contributed by atoms with van der Waals surface area (Å²) in [5.74, 6) is 1.49. The Morgan fingerprint density at radius 1 is 0.824 bits per heavy atom. The zero-order chi connectivity index (χ0) is 11.4. The Morgan fingerprint density at radius 2 is 1.29 bits per heavy atom. The van der Waals surface area contributed by atoms with E-state index in [0.717, 1.165) is 11.8 Å². The number of hydrogen-bond donors (Lipinski definition) is 0. The first-order valence-corrected chi connectivity index (χ1v) is 6.28. The maximum absolute atomic E-state index is 2.34. The lowest BCUT2D eigenvalue weighted by Gasteiger charge is -2.22. The summed E-state index contributed by atoms with van der Waals surface area (Å²) in [6.45, 7) is 0. The van der Waals surface area contributed by atoms with Crippen LogP contribution < -0.4 is 4.90 Å². The van der Waals surface area contributed by atoms with Gasteiger partial charge in [-0.05, 0) is 41.5 Å². The molecule has 1 saturated carbocycles. The summed E-state index contributed by atoms with van der Waals surface area (Å²) in [5.41, 5.74) is 5.81. The first-order valence-electron chi connectivity index (χ1n) is 6.28. The molecule has 0 N–H and O–H groups in total. The van der Waals surface area contributed by atoms with Crippen LogP contribution in [0, 0.1) is 0 Å². The van der Waals surface area contributed by atoms with E-state index < -0.39 is 0 Å². The zero-order valence-corrected chi connectivity index (χ0v) is 9.93.